The minimum atomic E-state index is -4.41. The summed E-state index contributed by atoms with van der Waals surface area (Å²) in [4.78, 5) is 14.5. The molecular weight excluding hydrogens is 451 g/mol. The molecule has 0 radical (unpaired) electrons. The van der Waals surface area contributed by atoms with Crippen molar-refractivity contribution in [1.82, 2.24) is 15.1 Å². The van der Waals surface area contributed by atoms with Crippen LogP contribution in [0.15, 0.2) is 53.0 Å². The molecule has 0 saturated carbocycles. The Balaban J connectivity index is 1.24. The maximum atomic E-state index is 12.8. The van der Waals surface area contributed by atoms with Crippen molar-refractivity contribution in [3.05, 3.63) is 65.6 Å². The van der Waals surface area contributed by atoms with E-state index in [-0.39, 0.29) is 24.5 Å². The van der Waals surface area contributed by atoms with Crippen LogP contribution in [-0.4, -0.2) is 40.9 Å². The zero-order valence-corrected chi connectivity index (χ0v) is 17.9. The Bertz CT molecular complexity index is 1220. The fourth-order valence-electron chi connectivity index (χ4n) is 3.99. The maximum Gasteiger partial charge on any atom is 0.416 e. The molecule has 10 heteroatoms. The van der Waals surface area contributed by atoms with Crippen molar-refractivity contribution >= 4 is 12.0 Å². The normalized spacial score (nSPS) is 18.0. The molecule has 3 heterocycles. The first-order chi connectivity index (χ1) is 16.4. The quantitative estimate of drug-likeness (QED) is 0.504. The van der Waals surface area contributed by atoms with Crippen LogP contribution < -0.4 is 9.47 Å². The molecule has 1 atom stereocenters. The standard InChI is InChI=1S/C24H20F3N3O4/c25-24(26,27)18-7-5-16(6-8-18)22-28-29-23(34-22)17-2-1-11-30(13-17)21(31)10-4-15-3-9-19-20(12-15)33-14-32-19/h3-10,12,17H,1-2,11,13-14H2/b10-4+. The van der Waals surface area contributed by atoms with Gasteiger partial charge in [0.25, 0.3) is 0 Å². The molecule has 7 nitrogen and oxygen atoms in total. The SMILES string of the molecule is O=C(/C=C/c1ccc2c(c1)OCO2)N1CCCC(c2nnc(-c3ccc(C(F)(F)F)cc3)o2)C1. The van der Waals surface area contributed by atoms with Gasteiger partial charge in [0.1, 0.15) is 0 Å². The third-order valence-electron chi connectivity index (χ3n) is 5.80. The smallest absolute Gasteiger partial charge is 0.416 e. The summed E-state index contributed by atoms with van der Waals surface area (Å²) in [6.45, 7) is 1.21. The van der Waals surface area contributed by atoms with E-state index in [9.17, 15) is 18.0 Å². The second kappa shape index (κ2) is 8.85. The highest BCUT2D eigenvalue weighted by Crippen LogP contribution is 2.34. The predicted octanol–water partition coefficient (Wildman–Crippen LogP) is 4.90. The van der Waals surface area contributed by atoms with E-state index in [4.69, 9.17) is 13.9 Å². The van der Waals surface area contributed by atoms with Crippen molar-refractivity contribution in [2.75, 3.05) is 19.9 Å². The van der Waals surface area contributed by atoms with Crippen molar-refractivity contribution in [2.24, 2.45) is 0 Å². The van der Waals surface area contributed by atoms with Crippen molar-refractivity contribution in [3.63, 3.8) is 0 Å². The number of likely N-dealkylation sites (tertiary alicyclic amines) is 1. The molecule has 2 aliphatic heterocycles. The van der Waals surface area contributed by atoms with Crippen LogP contribution in [0.5, 0.6) is 11.5 Å². The van der Waals surface area contributed by atoms with Crippen LogP contribution in [0, 0.1) is 0 Å². The second-order valence-electron chi connectivity index (χ2n) is 8.09. The molecule has 0 aliphatic carbocycles. The molecule has 1 unspecified atom stereocenters. The number of nitrogens with zero attached hydrogens (tertiary/aromatic N) is 3. The van der Waals surface area contributed by atoms with Gasteiger partial charge in [0, 0.05) is 24.7 Å². The summed E-state index contributed by atoms with van der Waals surface area (Å²) >= 11 is 0. The van der Waals surface area contributed by atoms with Crippen molar-refractivity contribution in [3.8, 4) is 23.0 Å². The van der Waals surface area contributed by atoms with E-state index >= 15 is 0 Å². The number of rotatable bonds is 4. The lowest BCUT2D eigenvalue weighted by Gasteiger charge is -2.30. The van der Waals surface area contributed by atoms with E-state index in [0.717, 1.165) is 30.5 Å². The number of aromatic nitrogens is 2. The van der Waals surface area contributed by atoms with Gasteiger partial charge in [-0.1, -0.05) is 6.07 Å². The van der Waals surface area contributed by atoms with Crippen LogP contribution in [0.1, 0.15) is 35.8 Å². The highest BCUT2D eigenvalue weighted by Gasteiger charge is 2.31. The van der Waals surface area contributed by atoms with Crippen LogP contribution in [0.3, 0.4) is 0 Å². The monoisotopic (exact) mass is 471 g/mol. The number of ether oxygens (including phenoxy) is 2. The van der Waals surface area contributed by atoms with E-state index < -0.39 is 11.7 Å². The number of halogens is 3. The molecule has 34 heavy (non-hydrogen) atoms. The van der Waals surface area contributed by atoms with Gasteiger partial charge in [-0.25, -0.2) is 0 Å². The molecule has 1 aromatic heterocycles. The molecule has 2 aliphatic rings. The van der Waals surface area contributed by atoms with Crippen molar-refractivity contribution in [2.45, 2.75) is 24.9 Å². The van der Waals surface area contributed by atoms with Gasteiger partial charge in [0.15, 0.2) is 11.5 Å². The fraction of sp³-hybridized carbons (Fsp3) is 0.292. The average molecular weight is 471 g/mol. The Morgan fingerprint density at radius 2 is 1.85 bits per heavy atom. The van der Waals surface area contributed by atoms with E-state index in [0.29, 0.717) is 36.0 Å². The van der Waals surface area contributed by atoms with Gasteiger partial charge >= 0.3 is 6.18 Å². The largest absolute Gasteiger partial charge is 0.454 e. The number of carbonyl (C=O) groups excluding carboxylic acids is 1. The zero-order valence-electron chi connectivity index (χ0n) is 17.9. The molecule has 176 valence electrons. The van der Waals surface area contributed by atoms with Gasteiger partial charge in [-0.3, -0.25) is 4.79 Å². The van der Waals surface area contributed by atoms with E-state index in [1.54, 1.807) is 17.0 Å². The number of benzene rings is 2. The Labute approximate surface area is 192 Å². The molecule has 1 saturated heterocycles. The Kier molecular flexibility index (Phi) is 5.72. The lowest BCUT2D eigenvalue weighted by Crippen LogP contribution is -2.38. The third kappa shape index (κ3) is 4.61. The summed E-state index contributed by atoms with van der Waals surface area (Å²) in [5.41, 5.74) is 0.484. The summed E-state index contributed by atoms with van der Waals surface area (Å²) in [6.07, 6.45) is 0.370. The van der Waals surface area contributed by atoms with Gasteiger partial charge in [-0.2, -0.15) is 13.2 Å². The van der Waals surface area contributed by atoms with Crippen molar-refractivity contribution < 1.29 is 31.9 Å². The average Bonchev–Trinajstić information content (AvgIpc) is 3.52. The Hall–Kier alpha value is -3.82. The number of piperidine rings is 1. The molecule has 3 aromatic rings. The lowest BCUT2D eigenvalue weighted by atomic mass is 9.98. The number of carbonyl (C=O) groups is 1. The number of hydrogen-bond acceptors (Lipinski definition) is 6. The Morgan fingerprint density at radius 1 is 1.06 bits per heavy atom. The first kappa shape index (κ1) is 22.0. The zero-order chi connectivity index (χ0) is 23.7. The van der Waals surface area contributed by atoms with Gasteiger partial charge < -0.3 is 18.8 Å². The number of alkyl halides is 3. The first-order valence-electron chi connectivity index (χ1n) is 10.7. The van der Waals surface area contributed by atoms with E-state index in [1.165, 1.54) is 18.2 Å². The summed E-state index contributed by atoms with van der Waals surface area (Å²) in [6, 6.07) is 10.0. The van der Waals surface area contributed by atoms with Gasteiger partial charge in [-0.05, 0) is 60.9 Å². The highest BCUT2D eigenvalue weighted by molar-refractivity contribution is 5.92. The molecule has 0 N–H and O–H groups in total. The molecular formula is C24H20F3N3O4. The summed E-state index contributed by atoms with van der Waals surface area (Å²) in [5.74, 6) is 1.56. The second-order valence-corrected chi connectivity index (χ2v) is 8.09. The van der Waals surface area contributed by atoms with Crippen LogP contribution in [-0.2, 0) is 11.0 Å². The number of fused-ring (bicyclic) bond motifs is 1. The van der Waals surface area contributed by atoms with Crippen molar-refractivity contribution in [1.29, 1.82) is 0 Å². The van der Waals surface area contributed by atoms with Crippen LogP contribution in [0.2, 0.25) is 0 Å². The molecule has 0 spiro atoms. The van der Waals surface area contributed by atoms with Gasteiger partial charge in [0.05, 0.1) is 11.5 Å². The topological polar surface area (TPSA) is 77.7 Å². The highest BCUT2D eigenvalue weighted by atomic mass is 19.4. The maximum absolute atomic E-state index is 12.8. The van der Waals surface area contributed by atoms with Gasteiger partial charge in [0.2, 0.25) is 24.5 Å². The Morgan fingerprint density at radius 3 is 2.65 bits per heavy atom. The predicted molar refractivity (Wildman–Crippen MR) is 115 cm³/mol. The van der Waals surface area contributed by atoms with E-state index in [2.05, 4.69) is 10.2 Å². The van der Waals surface area contributed by atoms with E-state index in [1.807, 2.05) is 12.1 Å². The van der Waals surface area contributed by atoms with Crippen LogP contribution in [0.25, 0.3) is 17.5 Å². The fourth-order valence-corrected chi connectivity index (χ4v) is 3.99. The molecule has 1 amide bonds. The summed E-state index contributed by atoms with van der Waals surface area (Å²) < 4.78 is 54.7. The lowest BCUT2D eigenvalue weighted by molar-refractivity contribution is -0.137. The minimum absolute atomic E-state index is 0.134. The first-order valence-corrected chi connectivity index (χ1v) is 10.7. The van der Waals surface area contributed by atoms with Crippen LogP contribution >= 0.6 is 0 Å². The summed E-state index contributed by atoms with van der Waals surface area (Å²) in [7, 11) is 0. The molecule has 1 fully saturated rings. The third-order valence-corrected chi connectivity index (χ3v) is 5.80. The molecule has 0 bridgehead atoms. The van der Waals surface area contributed by atoms with Crippen LogP contribution in [0.4, 0.5) is 13.2 Å². The minimum Gasteiger partial charge on any atom is -0.454 e. The molecule has 5 rings (SSSR count). The number of amides is 1. The molecule has 2 aromatic carbocycles. The number of hydrogen-bond donors (Lipinski definition) is 0. The summed E-state index contributed by atoms with van der Waals surface area (Å²) in [5, 5.41) is 8.08. The van der Waals surface area contributed by atoms with Gasteiger partial charge in [-0.15, -0.1) is 10.2 Å².